The summed E-state index contributed by atoms with van der Waals surface area (Å²) >= 11 is 0. The molecule has 2 N–H and O–H groups in total. The molecule has 2 aliphatic rings. The van der Waals surface area contributed by atoms with Crippen LogP contribution in [0.1, 0.15) is 63.4 Å². The summed E-state index contributed by atoms with van der Waals surface area (Å²) in [5, 5.41) is 20.5. The number of methoxy groups -OCH3 is 1. The summed E-state index contributed by atoms with van der Waals surface area (Å²) in [5.74, 6) is -1.84. The third kappa shape index (κ3) is 4.67. The van der Waals surface area contributed by atoms with Crippen LogP contribution < -0.4 is 14.2 Å². The molecule has 7 heteroatoms. The van der Waals surface area contributed by atoms with Crippen molar-refractivity contribution in [1.82, 2.24) is 0 Å². The molecule has 3 unspecified atom stereocenters. The number of fused-ring (bicyclic) bond motifs is 2. The Morgan fingerprint density at radius 3 is 2.41 bits per heavy atom. The zero-order valence-corrected chi connectivity index (χ0v) is 22.8. The summed E-state index contributed by atoms with van der Waals surface area (Å²) in [4.78, 5) is 25.0. The molecule has 0 saturated heterocycles. The van der Waals surface area contributed by atoms with Gasteiger partial charge in [-0.15, -0.1) is 0 Å². The second kappa shape index (κ2) is 10.7. The van der Waals surface area contributed by atoms with Crippen LogP contribution in [0.4, 0.5) is 0 Å². The molecule has 1 aliphatic heterocycles. The lowest BCUT2D eigenvalue weighted by Crippen LogP contribution is -2.24. The minimum absolute atomic E-state index is 0.135. The molecule has 6 rings (SSSR count). The summed E-state index contributed by atoms with van der Waals surface area (Å²) in [6.07, 6.45) is 1.84. The van der Waals surface area contributed by atoms with Crippen LogP contribution in [0.2, 0.25) is 0 Å². The van der Waals surface area contributed by atoms with E-state index in [1.165, 1.54) is 0 Å². The van der Waals surface area contributed by atoms with Gasteiger partial charge in [-0.05, 0) is 81.8 Å². The van der Waals surface area contributed by atoms with Gasteiger partial charge in [0.05, 0.1) is 18.6 Å². The van der Waals surface area contributed by atoms with Crippen LogP contribution in [-0.2, 0) is 11.2 Å². The third-order valence-electron chi connectivity index (χ3n) is 8.14. The molecule has 4 aromatic carbocycles. The molecule has 0 fully saturated rings. The van der Waals surface area contributed by atoms with E-state index in [1.54, 1.807) is 25.3 Å². The number of carboxylic acid groups (broad SMARTS) is 2. The van der Waals surface area contributed by atoms with Gasteiger partial charge in [-0.3, -0.25) is 4.79 Å². The fourth-order valence-electron chi connectivity index (χ4n) is 6.34. The second-order valence-corrected chi connectivity index (χ2v) is 10.5. The Balaban J connectivity index is 1.59. The van der Waals surface area contributed by atoms with E-state index in [0.717, 1.165) is 46.2 Å². The first-order valence-electron chi connectivity index (χ1n) is 13.7. The molecule has 0 bridgehead atoms. The summed E-state index contributed by atoms with van der Waals surface area (Å²) < 4.78 is 16.7. The predicted octanol–water partition coefficient (Wildman–Crippen LogP) is 6.72. The molecule has 7 nitrogen and oxygen atoms in total. The lowest BCUT2D eigenvalue weighted by molar-refractivity contribution is -0.142. The molecule has 208 valence electrons. The first kappa shape index (κ1) is 26.4. The van der Waals surface area contributed by atoms with Crippen molar-refractivity contribution >= 4 is 11.9 Å². The summed E-state index contributed by atoms with van der Waals surface area (Å²) in [6.45, 7) is 2.26. The van der Waals surface area contributed by atoms with Crippen molar-refractivity contribution in [2.24, 2.45) is 5.92 Å². The topological polar surface area (TPSA) is 102 Å². The number of hydrogen-bond acceptors (Lipinski definition) is 5. The smallest absolute Gasteiger partial charge is 0.335 e. The average Bonchev–Trinajstić information content (AvgIpc) is 3.59. The Bertz CT molecular complexity index is 1660. The standard InChI is InChI=1S/C34H30O7/c1-3-5-19-8-11-25-27(14-19)31(32(34(37)38)30(25)21-9-13-28-29(16-21)41-18-40-28)24-12-10-23(39-2)17-26(24)20-6-4-7-22(15-20)33(35)36/h4,6-17,30-32H,3,5,18H2,1-2H3,(H,35,36)(H,37,38). The van der Waals surface area contributed by atoms with Crippen LogP contribution >= 0.6 is 0 Å². The van der Waals surface area contributed by atoms with Gasteiger partial charge >= 0.3 is 11.9 Å². The van der Waals surface area contributed by atoms with Crippen LogP contribution in [0.25, 0.3) is 11.1 Å². The van der Waals surface area contributed by atoms with Crippen LogP contribution in [0.15, 0.2) is 78.9 Å². The average molecular weight is 551 g/mol. The largest absolute Gasteiger partial charge is 0.497 e. The molecule has 1 aliphatic carbocycles. The van der Waals surface area contributed by atoms with Crippen LogP contribution in [0.5, 0.6) is 17.2 Å². The van der Waals surface area contributed by atoms with Crippen LogP contribution in [0, 0.1) is 5.92 Å². The summed E-state index contributed by atoms with van der Waals surface area (Å²) in [5.41, 5.74) is 6.29. The van der Waals surface area contributed by atoms with Crippen molar-refractivity contribution in [3.8, 4) is 28.4 Å². The number of aryl methyl sites for hydroxylation is 1. The zero-order chi connectivity index (χ0) is 28.7. The molecule has 0 amide bonds. The van der Waals surface area contributed by atoms with E-state index in [1.807, 2.05) is 42.5 Å². The summed E-state index contributed by atoms with van der Waals surface area (Å²) in [7, 11) is 1.57. The van der Waals surface area contributed by atoms with Gasteiger partial charge in [-0.1, -0.05) is 55.8 Å². The highest BCUT2D eigenvalue weighted by Crippen LogP contribution is 2.55. The van der Waals surface area contributed by atoms with Crippen LogP contribution in [0.3, 0.4) is 0 Å². The van der Waals surface area contributed by atoms with E-state index < -0.39 is 29.7 Å². The first-order chi connectivity index (χ1) is 19.9. The number of hydrogen-bond donors (Lipinski definition) is 2. The molecule has 41 heavy (non-hydrogen) atoms. The molecule has 0 radical (unpaired) electrons. The van der Waals surface area contributed by atoms with E-state index in [-0.39, 0.29) is 12.4 Å². The van der Waals surface area contributed by atoms with Gasteiger partial charge in [-0.25, -0.2) is 4.79 Å². The van der Waals surface area contributed by atoms with E-state index in [0.29, 0.717) is 22.8 Å². The van der Waals surface area contributed by atoms with Crippen molar-refractivity contribution in [2.45, 2.75) is 31.6 Å². The quantitative estimate of drug-likeness (QED) is 0.251. The third-order valence-corrected chi connectivity index (χ3v) is 8.14. The maximum absolute atomic E-state index is 13.2. The van der Waals surface area contributed by atoms with Gasteiger partial charge in [0, 0.05) is 11.8 Å². The number of rotatable bonds is 8. The Kier molecular flexibility index (Phi) is 6.87. The van der Waals surface area contributed by atoms with Gasteiger partial charge in [0.15, 0.2) is 11.5 Å². The van der Waals surface area contributed by atoms with Crippen molar-refractivity contribution in [3.05, 3.63) is 112 Å². The SMILES string of the molecule is CCCc1ccc2c(c1)C(c1ccc(OC)cc1-c1cccc(C(=O)O)c1)C(C(=O)O)C2c1ccc2c(c1)OCO2. The van der Waals surface area contributed by atoms with Gasteiger partial charge < -0.3 is 24.4 Å². The molecule has 0 aromatic heterocycles. The Morgan fingerprint density at radius 2 is 1.66 bits per heavy atom. The Labute approximate surface area is 237 Å². The Morgan fingerprint density at radius 1 is 0.854 bits per heavy atom. The zero-order valence-electron chi connectivity index (χ0n) is 22.8. The molecule has 4 aromatic rings. The molecular weight excluding hydrogens is 520 g/mol. The fourth-order valence-corrected chi connectivity index (χ4v) is 6.34. The van der Waals surface area contributed by atoms with E-state index in [9.17, 15) is 19.8 Å². The lowest BCUT2D eigenvalue weighted by atomic mass is 9.77. The number of aliphatic carboxylic acids is 1. The lowest BCUT2D eigenvalue weighted by Gasteiger charge is -2.25. The normalized spacial score (nSPS) is 18.6. The molecule has 1 heterocycles. The number of aromatic carboxylic acids is 1. The predicted molar refractivity (Wildman–Crippen MR) is 153 cm³/mol. The van der Waals surface area contributed by atoms with E-state index in [2.05, 4.69) is 25.1 Å². The fraction of sp³-hybridized carbons (Fsp3) is 0.235. The molecule has 3 atom stereocenters. The summed E-state index contributed by atoms with van der Waals surface area (Å²) in [6, 6.07) is 24.3. The number of ether oxygens (including phenoxy) is 3. The van der Waals surface area contributed by atoms with Crippen molar-refractivity contribution in [3.63, 3.8) is 0 Å². The highest BCUT2D eigenvalue weighted by atomic mass is 16.7. The van der Waals surface area contributed by atoms with Gasteiger partial charge in [0.2, 0.25) is 6.79 Å². The maximum Gasteiger partial charge on any atom is 0.335 e. The highest BCUT2D eigenvalue weighted by molar-refractivity contribution is 5.90. The molecular formula is C34H30O7. The number of carbonyl (C=O) groups is 2. The van der Waals surface area contributed by atoms with Crippen molar-refractivity contribution < 1.29 is 34.0 Å². The van der Waals surface area contributed by atoms with Gasteiger partial charge in [0.1, 0.15) is 5.75 Å². The monoisotopic (exact) mass is 550 g/mol. The minimum atomic E-state index is -1.03. The van der Waals surface area contributed by atoms with E-state index in [4.69, 9.17) is 14.2 Å². The highest BCUT2D eigenvalue weighted by Gasteiger charge is 2.47. The van der Waals surface area contributed by atoms with Gasteiger partial charge in [-0.2, -0.15) is 0 Å². The minimum Gasteiger partial charge on any atom is -0.497 e. The Hall–Kier alpha value is -4.78. The van der Waals surface area contributed by atoms with Gasteiger partial charge in [0.25, 0.3) is 0 Å². The van der Waals surface area contributed by atoms with E-state index >= 15 is 0 Å². The van der Waals surface area contributed by atoms with Crippen LogP contribution in [-0.4, -0.2) is 36.1 Å². The maximum atomic E-state index is 13.2. The first-order valence-corrected chi connectivity index (χ1v) is 13.7. The number of benzene rings is 4. The van der Waals surface area contributed by atoms with Crippen molar-refractivity contribution in [2.75, 3.05) is 13.9 Å². The molecule has 0 saturated carbocycles. The van der Waals surface area contributed by atoms with Crippen molar-refractivity contribution in [1.29, 1.82) is 0 Å². The molecule has 0 spiro atoms. The number of carboxylic acids is 2. The second-order valence-electron chi connectivity index (χ2n) is 10.5.